The minimum Gasteiger partial charge on any atom is -0.506 e. The number of hydrogen-bond acceptors (Lipinski definition) is 3. The lowest BCUT2D eigenvalue weighted by Gasteiger charge is -2.32. The van der Waals surface area contributed by atoms with Crippen molar-refractivity contribution in [3.05, 3.63) is 23.2 Å². The molecule has 94 valence electrons. The highest BCUT2D eigenvalue weighted by atomic mass is 35.5. The van der Waals surface area contributed by atoms with Crippen LogP contribution in [0.5, 0.6) is 5.75 Å². The molecule has 0 amide bonds. The lowest BCUT2D eigenvalue weighted by atomic mass is 9.84. The van der Waals surface area contributed by atoms with Crippen molar-refractivity contribution in [3.63, 3.8) is 0 Å². The van der Waals surface area contributed by atoms with Crippen LogP contribution in [-0.2, 0) is 0 Å². The van der Waals surface area contributed by atoms with E-state index in [9.17, 15) is 5.11 Å². The third-order valence-corrected chi connectivity index (χ3v) is 3.81. The van der Waals surface area contributed by atoms with Crippen LogP contribution in [0, 0.1) is 5.92 Å². The fraction of sp³-hybridized carbons (Fsp3) is 0.538. The summed E-state index contributed by atoms with van der Waals surface area (Å²) in [5, 5.41) is 13.2. The Balaban J connectivity index is 2.05. The van der Waals surface area contributed by atoms with Crippen LogP contribution in [0.15, 0.2) is 18.2 Å². The van der Waals surface area contributed by atoms with Crippen LogP contribution < -0.4 is 11.1 Å². The molecular formula is C13H19ClN2O. The van der Waals surface area contributed by atoms with Gasteiger partial charge >= 0.3 is 0 Å². The van der Waals surface area contributed by atoms with Gasteiger partial charge in [-0.3, -0.25) is 0 Å². The summed E-state index contributed by atoms with van der Waals surface area (Å²) >= 11 is 5.89. The predicted octanol–water partition coefficient (Wildman–Crippen LogP) is 2.98. The number of hydrogen-bond donors (Lipinski definition) is 3. The van der Waals surface area contributed by atoms with Gasteiger partial charge in [0.15, 0.2) is 0 Å². The van der Waals surface area contributed by atoms with Crippen molar-refractivity contribution in [2.75, 3.05) is 11.9 Å². The lowest BCUT2D eigenvalue weighted by Crippen LogP contribution is -2.36. The number of phenols is 1. The molecule has 1 aromatic rings. The van der Waals surface area contributed by atoms with Crippen molar-refractivity contribution in [3.8, 4) is 5.75 Å². The smallest absolute Gasteiger partial charge is 0.134 e. The maximum Gasteiger partial charge on any atom is 0.134 e. The Labute approximate surface area is 107 Å². The van der Waals surface area contributed by atoms with Gasteiger partial charge in [0.05, 0.1) is 5.02 Å². The van der Waals surface area contributed by atoms with E-state index in [-0.39, 0.29) is 5.75 Å². The minimum atomic E-state index is 0.122. The summed E-state index contributed by atoms with van der Waals surface area (Å²) < 4.78 is 0. The van der Waals surface area contributed by atoms with Gasteiger partial charge in [0.25, 0.3) is 0 Å². The largest absolute Gasteiger partial charge is 0.506 e. The number of anilines is 1. The number of phenolic OH excluding ortho intramolecular Hbond substituents is 1. The molecule has 0 aromatic heterocycles. The zero-order valence-corrected chi connectivity index (χ0v) is 10.6. The van der Waals surface area contributed by atoms with Crippen molar-refractivity contribution < 1.29 is 5.11 Å². The van der Waals surface area contributed by atoms with Crippen LogP contribution in [0.2, 0.25) is 5.02 Å². The monoisotopic (exact) mass is 254 g/mol. The first-order valence-corrected chi connectivity index (χ1v) is 6.53. The molecule has 3 nitrogen and oxygen atoms in total. The summed E-state index contributed by atoms with van der Waals surface area (Å²) in [6, 6.07) is 5.65. The first-order valence-electron chi connectivity index (χ1n) is 6.16. The van der Waals surface area contributed by atoms with Gasteiger partial charge in [-0.2, -0.15) is 0 Å². The maximum absolute atomic E-state index is 9.37. The Kier molecular flexibility index (Phi) is 4.13. The van der Waals surface area contributed by atoms with Crippen LogP contribution >= 0.6 is 11.6 Å². The summed E-state index contributed by atoms with van der Waals surface area (Å²) in [4.78, 5) is 0. The fourth-order valence-electron chi connectivity index (χ4n) is 2.49. The molecule has 2 unspecified atom stereocenters. The quantitative estimate of drug-likeness (QED) is 0.727. The van der Waals surface area contributed by atoms with Gasteiger partial charge < -0.3 is 16.2 Å². The Morgan fingerprint density at radius 3 is 2.82 bits per heavy atom. The van der Waals surface area contributed by atoms with E-state index in [1.807, 2.05) is 6.07 Å². The van der Waals surface area contributed by atoms with Gasteiger partial charge in [0.1, 0.15) is 5.75 Å². The maximum atomic E-state index is 9.37. The highest BCUT2D eigenvalue weighted by Crippen LogP contribution is 2.30. The van der Waals surface area contributed by atoms with Crippen LogP contribution in [-0.4, -0.2) is 17.7 Å². The molecule has 17 heavy (non-hydrogen) atoms. The summed E-state index contributed by atoms with van der Waals surface area (Å²) in [6.45, 7) is 0.726. The minimum absolute atomic E-state index is 0.122. The van der Waals surface area contributed by atoms with Crippen LogP contribution in [0.4, 0.5) is 5.69 Å². The second-order valence-electron chi connectivity index (χ2n) is 4.70. The standard InChI is InChI=1S/C13H19ClN2O/c14-11-7-10(5-6-13(11)17)16-12-4-2-1-3-9(12)8-15/h5-7,9,12,16-17H,1-4,8,15H2. The first kappa shape index (κ1) is 12.5. The summed E-state index contributed by atoms with van der Waals surface area (Å²) in [6.07, 6.45) is 4.87. The highest BCUT2D eigenvalue weighted by molar-refractivity contribution is 6.32. The van der Waals surface area contributed by atoms with Crippen molar-refractivity contribution in [1.29, 1.82) is 0 Å². The lowest BCUT2D eigenvalue weighted by molar-refractivity contribution is 0.332. The van der Waals surface area contributed by atoms with Crippen molar-refractivity contribution in [2.24, 2.45) is 11.7 Å². The molecule has 0 radical (unpaired) electrons. The summed E-state index contributed by atoms with van der Waals surface area (Å²) in [5.41, 5.74) is 6.75. The van der Waals surface area contributed by atoms with Crippen molar-refractivity contribution >= 4 is 17.3 Å². The van der Waals surface area contributed by atoms with Gasteiger partial charge in [-0.15, -0.1) is 0 Å². The molecule has 4 heteroatoms. The van der Waals surface area contributed by atoms with Crippen LogP contribution in [0.3, 0.4) is 0 Å². The number of benzene rings is 1. The molecule has 0 saturated heterocycles. The molecule has 4 N–H and O–H groups in total. The summed E-state index contributed by atoms with van der Waals surface area (Å²) in [5.74, 6) is 0.660. The van der Waals surface area contributed by atoms with Gasteiger partial charge in [0.2, 0.25) is 0 Å². The SMILES string of the molecule is NCC1CCCCC1Nc1ccc(O)c(Cl)c1. The van der Waals surface area contributed by atoms with Crippen LogP contribution in [0.1, 0.15) is 25.7 Å². The first-order chi connectivity index (χ1) is 8.20. The van der Waals surface area contributed by atoms with Crippen molar-refractivity contribution in [1.82, 2.24) is 0 Å². The molecule has 1 aliphatic carbocycles. The number of nitrogens with two attached hydrogens (primary N) is 1. The number of aromatic hydroxyl groups is 1. The molecular weight excluding hydrogens is 236 g/mol. The van der Waals surface area contributed by atoms with E-state index in [0.29, 0.717) is 17.0 Å². The molecule has 1 fully saturated rings. The number of rotatable bonds is 3. The zero-order chi connectivity index (χ0) is 12.3. The second-order valence-corrected chi connectivity index (χ2v) is 5.10. The number of nitrogens with one attached hydrogen (secondary N) is 1. The van der Waals surface area contributed by atoms with Crippen LogP contribution in [0.25, 0.3) is 0 Å². The van der Waals surface area contributed by atoms with Crippen molar-refractivity contribution in [2.45, 2.75) is 31.7 Å². The van der Waals surface area contributed by atoms with E-state index < -0.39 is 0 Å². The summed E-state index contributed by atoms with van der Waals surface area (Å²) in [7, 11) is 0. The molecule has 1 aliphatic rings. The molecule has 2 atom stereocenters. The fourth-order valence-corrected chi connectivity index (χ4v) is 2.67. The highest BCUT2D eigenvalue weighted by Gasteiger charge is 2.23. The van der Waals surface area contributed by atoms with E-state index in [1.54, 1.807) is 12.1 Å². The molecule has 0 aliphatic heterocycles. The third kappa shape index (κ3) is 3.05. The Hall–Kier alpha value is -0.930. The second kappa shape index (κ2) is 5.61. The van der Waals surface area contributed by atoms with Gasteiger partial charge in [-0.1, -0.05) is 24.4 Å². The number of halogens is 1. The molecule has 1 aromatic carbocycles. The topological polar surface area (TPSA) is 58.3 Å². The van der Waals surface area contributed by atoms with Gasteiger partial charge in [-0.05, 0) is 43.5 Å². The average molecular weight is 255 g/mol. The molecule has 2 rings (SSSR count). The Morgan fingerprint density at radius 2 is 2.12 bits per heavy atom. The Morgan fingerprint density at radius 1 is 1.35 bits per heavy atom. The van der Waals surface area contributed by atoms with E-state index in [0.717, 1.165) is 18.7 Å². The van der Waals surface area contributed by atoms with E-state index in [4.69, 9.17) is 17.3 Å². The molecule has 0 heterocycles. The molecule has 1 saturated carbocycles. The normalized spacial score (nSPS) is 24.6. The van der Waals surface area contributed by atoms with E-state index in [2.05, 4.69) is 5.32 Å². The van der Waals surface area contributed by atoms with Gasteiger partial charge in [0, 0.05) is 11.7 Å². The predicted molar refractivity (Wildman–Crippen MR) is 71.5 cm³/mol. The average Bonchev–Trinajstić information content (AvgIpc) is 2.34. The molecule has 0 spiro atoms. The van der Waals surface area contributed by atoms with E-state index >= 15 is 0 Å². The third-order valence-electron chi connectivity index (χ3n) is 3.51. The van der Waals surface area contributed by atoms with Gasteiger partial charge in [-0.25, -0.2) is 0 Å². The van der Waals surface area contributed by atoms with E-state index in [1.165, 1.54) is 19.3 Å². The zero-order valence-electron chi connectivity index (χ0n) is 9.82. The Bertz CT molecular complexity index is 384. The molecule has 0 bridgehead atoms.